The van der Waals surface area contributed by atoms with Crippen molar-refractivity contribution in [2.45, 2.75) is 20.8 Å². The molecule has 114 valence electrons. The second kappa shape index (κ2) is 5.32. The van der Waals surface area contributed by atoms with Crippen molar-refractivity contribution in [2.24, 2.45) is 0 Å². The number of para-hydroxylation sites is 1. The van der Waals surface area contributed by atoms with E-state index < -0.39 is 0 Å². The number of aromatic nitrogens is 3. The molecule has 0 atom stereocenters. The largest absolute Gasteiger partial charge is 0.299 e. The highest BCUT2D eigenvalue weighted by atomic mass is 32.1. The van der Waals surface area contributed by atoms with Gasteiger partial charge in [0, 0.05) is 18.0 Å². The molecule has 4 rings (SSSR count). The maximum Gasteiger partial charge on any atom is 0.145 e. The van der Waals surface area contributed by atoms with Crippen LogP contribution in [-0.4, -0.2) is 14.5 Å². The van der Waals surface area contributed by atoms with Gasteiger partial charge in [-0.1, -0.05) is 24.3 Å². The second-order valence-corrected chi connectivity index (χ2v) is 6.95. The zero-order valence-electron chi connectivity index (χ0n) is 13.4. The predicted octanol–water partition coefficient (Wildman–Crippen LogP) is 5.07. The Hall–Kier alpha value is -2.46. The Morgan fingerprint density at radius 1 is 0.957 bits per heavy atom. The van der Waals surface area contributed by atoms with E-state index in [9.17, 15) is 0 Å². The summed E-state index contributed by atoms with van der Waals surface area (Å²) in [5.41, 5.74) is 5.88. The molecular formula is C19H17N3S. The SMILES string of the molecule is Cc1nc2cccc(-c3nccn3-c3c(C)cccc3C)c2s1. The van der Waals surface area contributed by atoms with E-state index in [2.05, 4.69) is 64.8 Å². The van der Waals surface area contributed by atoms with Gasteiger partial charge in [-0.05, 0) is 44.0 Å². The highest BCUT2D eigenvalue weighted by Crippen LogP contribution is 2.34. The number of fused-ring (bicyclic) bond motifs is 1. The number of imidazole rings is 1. The van der Waals surface area contributed by atoms with Gasteiger partial charge in [0.05, 0.1) is 20.9 Å². The standard InChI is InChI=1S/C19H17N3S/c1-12-6-4-7-13(2)17(12)22-11-10-20-19(22)15-8-5-9-16-18(15)23-14(3)21-16/h4-11H,1-3H3. The van der Waals surface area contributed by atoms with Gasteiger partial charge in [0.1, 0.15) is 5.82 Å². The molecule has 2 aromatic heterocycles. The summed E-state index contributed by atoms with van der Waals surface area (Å²) in [6.07, 6.45) is 3.91. The van der Waals surface area contributed by atoms with Crippen LogP contribution in [0.2, 0.25) is 0 Å². The van der Waals surface area contributed by atoms with Gasteiger partial charge >= 0.3 is 0 Å². The molecule has 0 radical (unpaired) electrons. The van der Waals surface area contributed by atoms with Crippen molar-refractivity contribution in [3.63, 3.8) is 0 Å². The number of hydrogen-bond donors (Lipinski definition) is 0. The van der Waals surface area contributed by atoms with Gasteiger partial charge in [-0.15, -0.1) is 11.3 Å². The fourth-order valence-corrected chi connectivity index (χ4v) is 4.03. The molecule has 3 nitrogen and oxygen atoms in total. The van der Waals surface area contributed by atoms with Crippen molar-refractivity contribution in [1.29, 1.82) is 0 Å². The van der Waals surface area contributed by atoms with Gasteiger partial charge < -0.3 is 0 Å². The summed E-state index contributed by atoms with van der Waals surface area (Å²) in [5.74, 6) is 0.969. The van der Waals surface area contributed by atoms with E-state index >= 15 is 0 Å². The van der Waals surface area contributed by atoms with E-state index in [-0.39, 0.29) is 0 Å². The highest BCUT2D eigenvalue weighted by Gasteiger charge is 2.15. The number of aryl methyl sites for hydroxylation is 3. The van der Waals surface area contributed by atoms with Crippen LogP contribution in [0, 0.1) is 20.8 Å². The molecule has 0 aliphatic rings. The fourth-order valence-electron chi connectivity index (χ4n) is 3.11. The number of nitrogens with zero attached hydrogens (tertiary/aromatic N) is 3. The summed E-state index contributed by atoms with van der Waals surface area (Å²) in [6, 6.07) is 12.6. The van der Waals surface area contributed by atoms with E-state index in [1.807, 2.05) is 19.3 Å². The van der Waals surface area contributed by atoms with Gasteiger partial charge in [-0.2, -0.15) is 0 Å². The molecule has 4 aromatic rings. The normalized spacial score (nSPS) is 11.3. The van der Waals surface area contributed by atoms with Gasteiger partial charge in [-0.25, -0.2) is 9.97 Å². The van der Waals surface area contributed by atoms with Crippen molar-refractivity contribution in [1.82, 2.24) is 14.5 Å². The monoisotopic (exact) mass is 319 g/mol. The van der Waals surface area contributed by atoms with Crippen LogP contribution in [0.15, 0.2) is 48.8 Å². The van der Waals surface area contributed by atoms with Crippen LogP contribution >= 0.6 is 11.3 Å². The van der Waals surface area contributed by atoms with E-state index in [1.165, 1.54) is 21.5 Å². The molecule has 2 aromatic carbocycles. The molecule has 0 aliphatic heterocycles. The molecule has 0 spiro atoms. The average Bonchev–Trinajstić information content (AvgIpc) is 3.12. The second-order valence-electron chi connectivity index (χ2n) is 5.75. The molecule has 0 bridgehead atoms. The first-order valence-electron chi connectivity index (χ1n) is 7.61. The van der Waals surface area contributed by atoms with Crippen molar-refractivity contribution >= 4 is 21.6 Å². The summed E-state index contributed by atoms with van der Waals surface area (Å²) in [7, 11) is 0. The smallest absolute Gasteiger partial charge is 0.145 e. The lowest BCUT2D eigenvalue weighted by atomic mass is 10.1. The third kappa shape index (κ3) is 2.26. The van der Waals surface area contributed by atoms with Gasteiger partial charge in [-0.3, -0.25) is 4.57 Å². The molecule has 4 heteroatoms. The highest BCUT2D eigenvalue weighted by molar-refractivity contribution is 7.19. The molecule has 0 fully saturated rings. The Morgan fingerprint density at radius 3 is 2.48 bits per heavy atom. The molecule has 0 unspecified atom stereocenters. The van der Waals surface area contributed by atoms with Crippen LogP contribution < -0.4 is 0 Å². The number of hydrogen-bond acceptors (Lipinski definition) is 3. The summed E-state index contributed by atoms with van der Waals surface area (Å²) in [6.45, 7) is 6.33. The molecule has 2 heterocycles. The van der Waals surface area contributed by atoms with Gasteiger partial charge in [0.25, 0.3) is 0 Å². The number of rotatable bonds is 2. The minimum absolute atomic E-state index is 0.969. The molecule has 0 amide bonds. The lowest BCUT2D eigenvalue weighted by molar-refractivity contribution is 1.03. The molecule has 0 N–H and O–H groups in total. The van der Waals surface area contributed by atoms with Crippen LogP contribution in [-0.2, 0) is 0 Å². The first-order valence-corrected chi connectivity index (χ1v) is 8.43. The van der Waals surface area contributed by atoms with Crippen LogP contribution in [0.3, 0.4) is 0 Å². The zero-order valence-corrected chi connectivity index (χ0v) is 14.2. The number of benzene rings is 2. The average molecular weight is 319 g/mol. The van der Waals surface area contributed by atoms with E-state index in [1.54, 1.807) is 11.3 Å². The maximum absolute atomic E-state index is 4.65. The Bertz CT molecular complexity index is 990. The van der Waals surface area contributed by atoms with Crippen LogP contribution in [0.4, 0.5) is 0 Å². The van der Waals surface area contributed by atoms with Crippen LogP contribution in [0.1, 0.15) is 16.1 Å². The molecule has 0 saturated heterocycles. The van der Waals surface area contributed by atoms with Crippen LogP contribution in [0.5, 0.6) is 0 Å². The maximum atomic E-state index is 4.65. The Labute approximate surface area is 139 Å². The summed E-state index contributed by atoms with van der Waals surface area (Å²) in [5, 5.41) is 1.08. The van der Waals surface area contributed by atoms with Crippen molar-refractivity contribution < 1.29 is 0 Å². The van der Waals surface area contributed by atoms with Crippen molar-refractivity contribution in [2.75, 3.05) is 0 Å². The molecular weight excluding hydrogens is 302 g/mol. The lowest BCUT2D eigenvalue weighted by Crippen LogP contribution is -2.01. The summed E-state index contributed by atoms with van der Waals surface area (Å²) >= 11 is 1.72. The zero-order chi connectivity index (χ0) is 16.0. The lowest BCUT2D eigenvalue weighted by Gasteiger charge is -2.14. The van der Waals surface area contributed by atoms with Crippen LogP contribution in [0.25, 0.3) is 27.3 Å². The van der Waals surface area contributed by atoms with E-state index in [0.717, 1.165) is 21.9 Å². The Balaban J connectivity index is 2.00. The Morgan fingerprint density at radius 2 is 1.70 bits per heavy atom. The van der Waals surface area contributed by atoms with Gasteiger partial charge in [0.2, 0.25) is 0 Å². The first-order chi connectivity index (χ1) is 11.1. The minimum Gasteiger partial charge on any atom is -0.299 e. The third-order valence-corrected chi connectivity index (χ3v) is 5.10. The van der Waals surface area contributed by atoms with Gasteiger partial charge in [0.15, 0.2) is 0 Å². The van der Waals surface area contributed by atoms with E-state index in [0.29, 0.717) is 0 Å². The van der Waals surface area contributed by atoms with E-state index in [4.69, 9.17) is 0 Å². The number of thiazole rings is 1. The topological polar surface area (TPSA) is 30.7 Å². The van der Waals surface area contributed by atoms with Crippen molar-refractivity contribution in [3.8, 4) is 17.1 Å². The minimum atomic E-state index is 0.969. The Kier molecular flexibility index (Phi) is 3.27. The predicted molar refractivity (Wildman–Crippen MR) is 96.4 cm³/mol. The summed E-state index contributed by atoms with van der Waals surface area (Å²) in [4.78, 5) is 9.25. The van der Waals surface area contributed by atoms with Crippen molar-refractivity contribution in [3.05, 3.63) is 64.9 Å². The fraction of sp³-hybridized carbons (Fsp3) is 0.158. The molecule has 0 aliphatic carbocycles. The third-order valence-electron chi connectivity index (χ3n) is 4.08. The molecule has 23 heavy (non-hydrogen) atoms. The quantitative estimate of drug-likeness (QED) is 0.516. The summed E-state index contributed by atoms with van der Waals surface area (Å²) < 4.78 is 3.39. The molecule has 0 saturated carbocycles. The first kappa shape index (κ1) is 14.2.